The fourth-order valence-corrected chi connectivity index (χ4v) is 5.94. The number of methoxy groups -OCH3 is 1. The van der Waals surface area contributed by atoms with Crippen LogP contribution in [0.2, 0.25) is 0 Å². The first-order chi connectivity index (χ1) is 15.2. The van der Waals surface area contributed by atoms with E-state index in [4.69, 9.17) is 4.74 Å². The summed E-state index contributed by atoms with van der Waals surface area (Å²) in [5.41, 5.74) is 1.04. The summed E-state index contributed by atoms with van der Waals surface area (Å²) in [5, 5.41) is 3.24. The van der Waals surface area contributed by atoms with Crippen molar-refractivity contribution in [1.82, 2.24) is 14.8 Å². The van der Waals surface area contributed by atoms with E-state index in [9.17, 15) is 14.4 Å². The number of anilines is 1. The molecule has 172 valence electrons. The van der Waals surface area contributed by atoms with Gasteiger partial charge in [0.1, 0.15) is 11.7 Å². The number of likely N-dealkylation sites (N-methyl/N-ethyl adjacent to an activating group) is 1. The van der Waals surface area contributed by atoms with E-state index in [0.29, 0.717) is 30.4 Å². The molecule has 2 atom stereocenters. The summed E-state index contributed by atoms with van der Waals surface area (Å²) in [6.45, 7) is 8.11. The summed E-state index contributed by atoms with van der Waals surface area (Å²) < 4.78 is 6.50. The van der Waals surface area contributed by atoms with Crippen LogP contribution in [0.3, 0.4) is 0 Å². The van der Waals surface area contributed by atoms with Crippen molar-refractivity contribution in [3.63, 3.8) is 0 Å². The Labute approximate surface area is 196 Å². The molecule has 8 nitrogen and oxygen atoms in total. The molecular weight excluding hydrogens is 448 g/mol. The molecule has 0 saturated carbocycles. The van der Waals surface area contributed by atoms with Gasteiger partial charge in [-0.1, -0.05) is 29.7 Å². The summed E-state index contributed by atoms with van der Waals surface area (Å²) >= 11 is 2.95. The highest BCUT2D eigenvalue weighted by molar-refractivity contribution is 8.04. The van der Waals surface area contributed by atoms with E-state index in [1.807, 2.05) is 13.0 Å². The number of hydrogen-bond donors (Lipinski definition) is 1. The minimum absolute atomic E-state index is 0.0233. The molecule has 2 aliphatic rings. The Morgan fingerprint density at radius 1 is 1.44 bits per heavy atom. The van der Waals surface area contributed by atoms with Gasteiger partial charge in [0.15, 0.2) is 5.13 Å². The zero-order valence-corrected chi connectivity index (χ0v) is 20.3. The number of amides is 3. The topological polar surface area (TPSA) is 91.8 Å². The molecule has 1 saturated heterocycles. The molecule has 2 heterocycles. The lowest BCUT2D eigenvalue weighted by Crippen LogP contribution is -2.43. The average molecular weight is 477 g/mol. The number of allylic oxidation sites excluding steroid dienone is 3. The number of rotatable bonds is 7. The molecular formula is C22H28N4O4S2. The Morgan fingerprint density at radius 3 is 2.84 bits per heavy atom. The standard InChI is InChI=1S/C22H28N4O4S2/c1-6-19(28)26-8-7-15(12-26)25(4)21(29)16-10-18(13(2)9-17(16)30-5)31-20-11-23-22(32-20)24-14(3)27/h6,9,11,15-16H,1,7-8,10,12H2,2-5H3,(H,23,24,27)/t15-,16?/m1/s1. The van der Waals surface area contributed by atoms with E-state index in [2.05, 4.69) is 16.9 Å². The van der Waals surface area contributed by atoms with Crippen molar-refractivity contribution in [2.45, 2.75) is 36.9 Å². The highest BCUT2D eigenvalue weighted by Crippen LogP contribution is 2.42. The van der Waals surface area contributed by atoms with Crippen molar-refractivity contribution in [2.24, 2.45) is 5.92 Å². The minimum Gasteiger partial charge on any atom is -0.500 e. The Balaban J connectivity index is 1.72. The number of ether oxygens (including phenoxy) is 1. The van der Waals surface area contributed by atoms with Crippen molar-refractivity contribution in [3.05, 3.63) is 41.2 Å². The number of aromatic nitrogens is 1. The van der Waals surface area contributed by atoms with Crippen LogP contribution in [0.15, 0.2) is 45.4 Å². The number of nitrogens with one attached hydrogen (secondary N) is 1. The Morgan fingerprint density at radius 2 is 2.19 bits per heavy atom. The van der Waals surface area contributed by atoms with Crippen molar-refractivity contribution in [3.8, 4) is 0 Å². The van der Waals surface area contributed by atoms with Crippen LogP contribution in [0, 0.1) is 5.92 Å². The smallest absolute Gasteiger partial charge is 0.246 e. The van der Waals surface area contributed by atoms with Crippen molar-refractivity contribution in [2.75, 3.05) is 32.6 Å². The van der Waals surface area contributed by atoms with Crippen LogP contribution in [0.5, 0.6) is 0 Å². The van der Waals surface area contributed by atoms with Gasteiger partial charge in [0.2, 0.25) is 17.7 Å². The zero-order valence-electron chi connectivity index (χ0n) is 18.7. The monoisotopic (exact) mass is 476 g/mol. The van der Waals surface area contributed by atoms with E-state index < -0.39 is 5.92 Å². The van der Waals surface area contributed by atoms with Gasteiger partial charge in [-0.15, -0.1) is 0 Å². The van der Waals surface area contributed by atoms with Gasteiger partial charge in [-0.2, -0.15) is 0 Å². The van der Waals surface area contributed by atoms with Gasteiger partial charge >= 0.3 is 0 Å². The highest BCUT2D eigenvalue weighted by Gasteiger charge is 2.36. The first-order valence-electron chi connectivity index (χ1n) is 10.3. The minimum atomic E-state index is -0.428. The average Bonchev–Trinajstić information content (AvgIpc) is 3.42. The maximum absolute atomic E-state index is 13.4. The molecule has 1 unspecified atom stereocenters. The SMILES string of the molecule is C=CC(=O)N1CC[C@@H](N(C)C(=O)C2CC(Sc3cnc(NC(C)=O)s3)=C(C)C=C2OC)C1. The van der Waals surface area contributed by atoms with Crippen molar-refractivity contribution in [1.29, 1.82) is 0 Å². The summed E-state index contributed by atoms with van der Waals surface area (Å²) in [5.74, 6) is -0.0774. The molecule has 3 amide bonds. The van der Waals surface area contributed by atoms with Crippen LogP contribution in [0.4, 0.5) is 5.13 Å². The molecule has 1 aliphatic carbocycles. The van der Waals surface area contributed by atoms with Gasteiger partial charge in [-0.05, 0) is 42.4 Å². The van der Waals surface area contributed by atoms with Crippen LogP contribution in [-0.4, -0.2) is 65.8 Å². The molecule has 1 N–H and O–H groups in total. The van der Waals surface area contributed by atoms with Gasteiger partial charge in [0.25, 0.3) is 0 Å². The molecule has 32 heavy (non-hydrogen) atoms. The second kappa shape index (κ2) is 10.4. The molecule has 1 aromatic rings. The first kappa shape index (κ1) is 24.1. The van der Waals surface area contributed by atoms with E-state index in [1.54, 1.807) is 41.9 Å². The van der Waals surface area contributed by atoms with E-state index in [0.717, 1.165) is 21.1 Å². The Kier molecular flexibility index (Phi) is 7.78. The summed E-state index contributed by atoms with van der Waals surface area (Å²) in [4.78, 5) is 45.3. The molecule has 0 radical (unpaired) electrons. The lowest BCUT2D eigenvalue weighted by Gasteiger charge is -2.31. The number of hydrogen-bond acceptors (Lipinski definition) is 7. The molecule has 1 fully saturated rings. The number of likely N-dealkylation sites (tertiary alicyclic amines) is 1. The van der Waals surface area contributed by atoms with Crippen LogP contribution in [0.1, 0.15) is 26.7 Å². The van der Waals surface area contributed by atoms with Crippen LogP contribution in [-0.2, 0) is 19.1 Å². The van der Waals surface area contributed by atoms with Gasteiger partial charge < -0.3 is 19.9 Å². The number of thioether (sulfide) groups is 1. The van der Waals surface area contributed by atoms with E-state index in [-0.39, 0.29) is 23.8 Å². The zero-order chi connectivity index (χ0) is 23.4. The molecule has 0 aromatic carbocycles. The maximum atomic E-state index is 13.4. The normalized spacial score (nSPS) is 20.6. The van der Waals surface area contributed by atoms with E-state index >= 15 is 0 Å². The molecule has 1 aliphatic heterocycles. The lowest BCUT2D eigenvalue weighted by atomic mass is 9.93. The van der Waals surface area contributed by atoms with Gasteiger partial charge in [0.05, 0.1) is 23.6 Å². The Bertz CT molecular complexity index is 984. The second-order valence-corrected chi connectivity index (χ2v) is 10.2. The second-order valence-electron chi connectivity index (χ2n) is 7.76. The Hall–Kier alpha value is -2.59. The largest absolute Gasteiger partial charge is 0.500 e. The predicted octanol–water partition coefficient (Wildman–Crippen LogP) is 3.26. The third-order valence-electron chi connectivity index (χ3n) is 5.60. The molecule has 10 heteroatoms. The predicted molar refractivity (Wildman–Crippen MR) is 126 cm³/mol. The lowest BCUT2D eigenvalue weighted by molar-refractivity contribution is -0.136. The first-order valence-corrected chi connectivity index (χ1v) is 11.9. The van der Waals surface area contributed by atoms with E-state index in [1.165, 1.54) is 24.3 Å². The van der Waals surface area contributed by atoms with Crippen molar-refractivity contribution >= 4 is 46.0 Å². The number of carbonyl (C=O) groups is 3. The molecule has 0 spiro atoms. The maximum Gasteiger partial charge on any atom is 0.246 e. The van der Waals surface area contributed by atoms with Crippen LogP contribution >= 0.6 is 23.1 Å². The summed E-state index contributed by atoms with van der Waals surface area (Å²) in [7, 11) is 3.38. The number of thiazole rings is 1. The third-order valence-corrected chi connectivity index (χ3v) is 7.85. The fourth-order valence-electron chi connectivity index (χ4n) is 3.82. The van der Waals surface area contributed by atoms with Gasteiger partial charge in [-0.3, -0.25) is 14.4 Å². The number of nitrogens with zero attached hydrogens (tertiary/aromatic N) is 3. The number of carbonyl (C=O) groups excluding carboxylic acids is 3. The quantitative estimate of drug-likeness (QED) is 0.608. The van der Waals surface area contributed by atoms with Crippen molar-refractivity contribution < 1.29 is 19.1 Å². The van der Waals surface area contributed by atoms with Gasteiger partial charge in [-0.25, -0.2) is 4.98 Å². The molecule has 1 aromatic heterocycles. The highest BCUT2D eigenvalue weighted by atomic mass is 32.2. The summed E-state index contributed by atoms with van der Waals surface area (Å²) in [6.07, 6.45) is 6.22. The van der Waals surface area contributed by atoms with Gasteiger partial charge in [0, 0.05) is 27.1 Å². The fraction of sp³-hybridized carbons (Fsp3) is 0.455. The summed E-state index contributed by atoms with van der Waals surface area (Å²) in [6, 6.07) is -0.0330. The third kappa shape index (κ3) is 5.42. The molecule has 0 bridgehead atoms. The molecule has 3 rings (SSSR count). The van der Waals surface area contributed by atoms with Crippen LogP contribution < -0.4 is 5.32 Å². The van der Waals surface area contributed by atoms with Crippen LogP contribution in [0.25, 0.3) is 0 Å².